The average Bonchev–Trinajstić information content (AvgIpc) is 3.51. The second kappa shape index (κ2) is 9.75. The van der Waals surface area contributed by atoms with Crippen molar-refractivity contribution in [2.45, 2.75) is 64.1 Å². The van der Waals surface area contributed by atoms with Gasteiger partial charge in [0, 0.05) is 38.6 Å². The Bertz CT molecular complexity index is 685. The van der Waals surface area contributed by atoms with Crippen molar-refractivity contribution in [2.75, 3.05) is 25.5 Å². The van der Waals surface area contributed by atoms with Gasteiger partial charge in [-0.3, -0.25) is 4.79 Å². The molecule has 1 aromatic heterocycles. The van der Waals surface area contributed by atoms with Gasteiger partial charge in [-0.2, -0.15) is 0 Å². The number of guanidine groups is 1. The number of nitrogens with one attached hydrogen (secondary N) is 3. The van der Waals surface area contributed by atoms with Crippen molar-refractivity contribution in [2.24, 2.45) is 10.9 Å². The fourth-order valence-corrected chi connectivity index (χ4v) is 3.58. The zero-order chi connectivity index (χ0) is 19.9. The molecule has 154 valence electrons. The molecule has 7 nitrogen and oxygen atoms in total. The van der Waals surface area contributed by atoms with Crippen LogP contribution in [0, 0.1) is 5.92 Å². The Morgan fingerprint density at radius 3 is 2.71 bits per heavy atom. The SMILES string of the molecule is CCNC(=NCc1cccc(N(C)C)n1)NC1CCCC(C(=O)NC2CC2)C1. The van der Waals surface area contributed by atoms with E-state index in [0.29, 0.717) is 12.6 Å². The van der Waals surface area contributed by atoms with Crippen LogP contribution in [0.4, 0.5) is 5.82 Å². The summed E-state index contributed by atoms with van der Waals surface area (Å²) in [5.74, 6) is 2.09. The van der Waals surface area contributed by atoms with Crippen molar-refractivity contribution in [3.8, 4) is 0 Å². The minimum atomic E-state index is 0.119. The van der Waals surface area contributed by atoms with E-state index in [4.69, 9.17) is 4.99 Å². The number of anilines is 1. The average molecular weight is 387 g/mol. The third kappa shape index (κ3) is 6.11. The lowest BCUT2D eigenvalue weighted by molar-refractivity contribution is -0.126. The van der Waals surface area contributed by atoms with Crippen molar-refractivity contribution in [1.82, 2.24) is 20.9 Å². The molecule has 0 bridgehead atoms. The molecule has 2 saturated carbocycles. The van der Waals surface area contributed by atoms with Crippen LogP contribution in [0.25, 0.3) is 0 Å². The van der Waals surface area contributed by atoms with Crippen molar-refractivity contribution < 1.29 is 4.79 Å². The molecule has 0 spiro atoms. The van der Waals surface area contributed by atoms with E-state index >= 15 is 0 Å². The van der Waals surface area contributed by atoms with Crippen LogP contribution in [0.3, 0.4) is 0 Å². The summed E-state index contributed by atoms with van der Waals surface area (Å²) in [4.78, 5) is 23.7. The molecular weight excluding hydrogens is 352 g/mol. The van der Waals surface area contributed by atoms with E-state index in [2.05, 4.69) is 27.9 Å². The maximum atomic E-state index is 12.4. The van der Waals surface area contributed by atoms with Crippen molar-refractivity contribution >= 4 is 17.7 Å². The summed E-state index contributed by atoms with van der Waals surface area (Å²) in [6.45, 7) is 3.39. The summed E-state index contributed by atoms with van der Waals surface area (Å²) in [5.41, 5.74) is 0.939. The largest absolute Gasteiger partial charge is 0.363 e. The van der Waals surface area contributed by atoms with E-state index in [-0.39, 0.29) is 17.9 Å². The van der Waals surface area contributed by atoms with Gasteiger partial charge in [0.2, 0.25) is 5.91 Å². The number of pyridine rings is 1. The predicted octanol–water partition coefficient (Wildman–Crippen LogP) is 2.04. The molecule has 1 heterocycles. The van der Waals surface area contributed by atoms with Crippen LogP contribution in [0.2, 0.25) is 0 Å². The molecule has 3 N–H and O–H groups in total. The minimum Gasteiger partial charge on any atom is -0.363 e. The van der Waals surface area contributed by atoms with Crippen LogP contribution in [0.5, 0.6) is 0 Å². The molecule has 0 aromatic carbocycles. The van der Waals surface area contributed by atoms with Gasteiger partial charge in [0.25, 0.3) is 0 Å². The van der Waals surface area contributed by atoms with Crippen molar-refractivity contribution in [3.63, 3.8) is 0 Å². The Labute approximate surface area is 168 Å². The number of aromatic nitrogens is 1. The molecule has 7 heteroatoms. The fraction of sp³-hybridized carbons (Fsp3) is 0.667. The van der Waals surface area contributed by atoms with E-state index in [1.165, 1.54) is 0 Å². The minimum absolute atomic E-state index is 0.119. The number of hydrogen-bond acceptors (Lipinski definition) is 4. The second-order valence-corrected chi connectivity index (χ2v) is 8.06. The van der Waals surface area contributed by atoms with E-state index in [1.54, 1.807) is 0 Å². The summed E-state index contributed by atoms with van der Waals surface area (Å²) in [6.07, 6.45) is 6.29. The number of amides is 1. The van der Waals surface area contributed by atoms with Crippen LogP contribution >= 0.6 is 0 Å². The second-order valence-electron chi connectivity index (χ2n) is 8.06. The molecule has 2 aliphatic carbocycles. The van der Waals surface area contributed by atoms with Crippen LogP contribution in [0.15, 0.2) is 23.2 Å². The molecule has 1 amide bonds. The molecule has 1 aromatic rings. The molecule has 28 heavy (non-hydrogen) atoms. The monoisotopic (exact) mass is 386 g/mol. The lowest BCUT2D eigenvalue weighted by atomic mass is 9.85. The Morgan fingerprint density at radius 2 is 2.00 bits per heavy atom. The van der Waals surface area contributed by atoms with Gasteiger partial charge in [-0.15, -0.1) is 0 Å². The predicted molar refractivity (Wildman–Crippen MR) is 113 cm³/mol. The number of carbonyl (C=O) groups is 1. The quantitative estimate of drug-likeness (QED) is 0.494. The first-order valence-electron chi connectivity index (χ1n) is 10.5. The van der Waals surface area contributed by atoms with Crippen molar-refractivity contribution in [3.05, 3.63) is 23.9 Å². The van der Waals surface area contributed by atoms with Crippen LogP contribution in [-0.4, -0.2) is 49.6 Å². The Balaban J connectivity index is 1.57. The van der Waals surface area contributed by atoms with Gasteiger partial charge >= 0.3 is 0 Å². The standard InChI is InChI=1S/C21H34N6O/c1-4-22-21(23-14-18-9-6-10-19(24-18)27(2)3)26-17-8-5-7-15(13-17)20(28)25-16-11-12-16/h6,9-10,15-17H,4-5,7-8,11-14H2,1-3H3,(H,25,28)(H2,22,23,26). The number of nitrogens with zero attached hydrogens (tertiary/aromatic N) is 3. The highest BCUT2D eigenvalue weighted by Crippen LogP contribution is 2.26. The van der Waals surface area contributed by atoms with Crippen molar-refractivity contribution in [1.29, 1.82) is 0 Å². The molecule has 2 fully saturated rings. The molecular formula is C21H34N6O. The Hall–Kier alpha value is -2.31. The summed E-state index contributed by atoms with van der Waals surface area (Å²) < 4.78 is 0. The van der Waals surface area contributed by atoms with Gasteiger partial charge in [0.05, 0.1) is 12.2 Å². The first-order valence-corrected chi connectivity index (χ1v) is 10.5. The van der Waals surface area contributed by atoms with Crippen LogP contribution in [-0.2, 0) is 11.3 Å². The van der Waals surface area contributed by atoms with Gasteiger partial charge in [0.1, 0.15) is 5.82 Å². The van der Waals surface area contributed by atoms with Gasteiger partial charge in [0.15, 0.2) is 5.96 Å². The molecule has 3 rings (SSSR count). The molecule has 2 atom stereocenters. The lowest BCUT2D eigenvalue weighted by Gasteiger charge is -2.30. The third-order valence-electron chi connectivity index (χ3n) is 5.30. The molecule has 0 saturated heterocycles. The molecule has 0 radical (unpaired) electrons. The van der Waals surface area contributed by atoms with Gasteiger partial charge < -0.3 is 20.9 Å². The normalized spacial score (nSPS) is 22.5. The summed E-state index contributed by atoms with van der Waals surface area (Å²) in [5, 5.41) is 10.0. The summed E-state index contributed by atoms with van der Waals surface area (Å²) in [7, 11) is 3.97. The number of carbonyl (C=O) groups excluding carboxylic acids is 1. The number of hydrogen-bond donors (Lipinski definition) is 3. The Morgan fingerprint density at radius 1 is 1.18 bits per heavy atom. The topological polar surface area (TPSA) is 81.7 Å². The number of rotatable bonds is 7. The third-order valence-corrected chi connectivity index (χ3v) is 5.30. The van der Waals surface area contributed by atoms with E-state index in [9.17, 15) is 4.79 Å². The fourth-order valence-electron chi connectivity index (χ4n) is 3.58. The highest BCUT2D eigenvalue weighted by Gasteiger charge is 2.31. The lowest BCUT2D eigenvalue weighted by Crippen LogP contribution is -2.47. The summed E-state index contributed by atoms with van der Waals surface area (Å²) in [6, 6.07) is 6.72. The maximum absolute atomic E-state index is 12.4. The molecule has 2 aliphatic rings. The Kier molecular flexibility index (Phi) is 7.12. The van der Waals surface area contributed by atoms with E-state index in [0.717, 1.165) is 62.5 Å². The van der Waals surface area contributed by atoms with Gasteiger partial charge in [-0.05, 0) is 51.2 Å². The molecule has 0 aliphatic heterocycles. The zero-order valence-electron chi connectivity index (χ0n) is 17.4. The van der Waals surface area contributed by atoms with Gasteiger partial charge in [-0.1, -0.05) is 12.5 Å². The first-order chi connectivity index (χ1) is 13.5. The first kappa shape index (κ1) is 20.4. The zero-order valence-corrected chi connectivity index (χ0v) is 17.4. The van der Waals surface area contributed by atoms with Crippen LogP contribution < -0.4 is 20.9 Å². The highest BCUT2D eigenvalue weighted by atomic mass is 16.2. The number of aliphatic imine (C=N–C) groups is 1. The highest BCUT2D eigenvalue weighted by molar-refractivity contribution is 5.81. The summed E-state index contributed by atoms with van der Waals surface area (Å²) >= 11 is 0. The van der Waals surface area contributed by atoms with Gasteiger partial charge in [-0.25, -0.2) is 9.98 Å². The van der Waals surface area contributed by atoms with E-state index in [1.807, 2.05) is 37.2 Å². The maximum Gasteiger partial charge on any atom is 0.223 e. The van der Waals surface area contributed by atoms with E-state index < -0.39 is 0 Å². The van der Waals surface area contributed by atoms with Crippen LogP contribution in [0.1, 0.15) is 51.1 Å². The molecule has 2 unspecified atom stereocenters. The smallest absolute Gasteiger partial charge is 0.223 e.